The molecule has 4 rings (SSSR count). The zero-order valence-electron chi connectivity index (χ0n) is 19.6. The normalized spacial score (nSPS) is 17.9. The Kier molecular flexibility index (Phi) is 7.16. The van der Waals surface area contributed by atoms with Crippen LogP contribution >= 0.6 is 0 Å². The average Bonchev–Trinajstić information content (AvgIpc) is 3.31. The second kappa shape index (κ2) is 10.4. The van der Waals surface area contributed by atoms with Crippen molar-refractivity contribution in [2.75, 3.05) is 20.8 Å². The second-order valence-corrected chi connectivity index (χ2v) is 8.26. The molecule has 0 saturated carbocycles. The lowest BCUT2D eigenvalue weighted by Gasteiger charge is -2.24. The highest BCUT2D eigenvalue weighted by molar-refractivity contribution is 5.98. The van der Waals surface area contributed by atoms with E-state index in [1.54, 1.807) is 33.3 Å². The lowest BCUT2D eigenvalue weighted by molar-refractivity contribution is -0.146. The van der Waals surface area contributed by atoms with Crippen molar-refractivity contribution in [1.29, 1.82) is 0 Å². The minimum absolute atomic E-state index is 0.146. The number of esters is 1. The summed E-state index contributed by atoms with van der Waals surface area (Å²) in [7, 11) is 3.16. The molecule has 6 nitrogen and oxygen atoms in total. The van der Waals surface area contributed by atoms with E-state index in [0.717, 1.165) is 10.8 Å². The third-order valence-electron chi connectivity index (χ3n) is 6.19. The predicted octanol–water partition coefficient (Wildman–Crippen LogP) is 4.88. The van der Waals surface area contributed by atoms with Crippen LogP contribution in [-0.2, 0) is 9.53 Å². The molecule has 1 aliphatic carbocycles. The quantitative estimate of drug-likeness (QED) is 0.384. The van der Waals surface area contributed by atoms with Crippen LogP contribution in [0.4, 0.5) is 0 Å². The maximum atomic E-state index is 13.0. The molecule has 34 heavy (non-hydrogen) atoms. The number of fused-ring (bicyclic) bond motifs is 1. The van der Waals surface area contributed by atoms with E-state index in [1.165, 1.54) is 0 Å². The fourth-order valence-corrected chi connectivity index (χ4v) is 4.51. The Bertz CT molecular complexity index is 1220. The van der Waals surface area contributed by atoms with Crippen molar-refractivity contribution in [2.24, 2.45) is 5.92 Å². The zero-order valence-corrected chi connectivity index (χ0v) is 19.6. The highest BCUT2D eigenvalue weighted by Gasteiger charge is 2.36. The summed E-state index contributed by atoms with van der Waals surface area (Å²) in [6, 6.07) is 18.8. The van der Waals surface area contributed by atoms with Gasteiger partial charge in [-0.15, -0.1) is 0 Å². The highest BCUT2D eigenvalue weighted by atomic mass is 16.5. The Hall–Kier alpha value is -3.80. The number of amides is 1. The number of hydrogen-bond donors (Lipinski definition) is 1. The van der Waals surface area contributed by atoms with Gasteiger partial charge in [-0.3, -0.25) is 9.59 Å². The van der Waals surface area contributed by atoms with Gasteiger partial charge in [0.2, 0.25) is 0 Å². The number of methoxy groups -OCH3 is 2. The summed E-state index contributed by atoms with van der Waals surface area (Å²) >= 11 is 0. The molecule has 0 aliphatic heterocycles. The van der Waals surface area contributed by atoms with Crippen LogP contribution in [0.1, 0.15) is 35.2 Å². The van der Waals surface area contributed by atoms with Gasteiger partial charge in [-0.05, 0) is 60.4 Å². The van der Waals surface area contributed by atoms with Crippen molar-refractivity contribution in [1.82, 2.24) is 5.32 Å². The molecule has 3 aromatic rings. The van der Waals surface area contributed by atoms with E-state index in [1.807, 2.05) is 60.7 Å². The highest BCUT2D eigenvalue weighted by Crippen LogP contribution is 2.40. The molecule has 3 atom stereocenters. The fourth-order valence-electron chi connectivity index (χ4n) is 4.51. The molecule has 1 aliphatic rings. The van der Waals surface area contributed by atoms with Gasteiger partial charge in [-0.2, -0.15) is 0 Å². The van der Waals surface area contributed by atoms with Crippen LogP contribution in [-0.4, -0.2) is 38.7 Å². The first-order valence-corrected chi connectivity index (χ1v) is 11.4. The number of benzene rings is 3. The SMILES string of the molecule is CCOC(=O)[C@H](c1cc(OC)ccc1OC)[C@@H]1C=C[C@H](NC(=O)c2ccc3ccccc3c2)C1. The topological polar surface area (TPSA) is 73.9 Å². The number of rotatable bonds is 8. The van der Waals surface area contributed by atoms with Crippen LogP contribution in [0.25, 0.3) is 10.8 Å². The molecular formula is C28H29NO5. The first-order valence-electron chi connectivity index (χ1n) is 11.4. The van der Waals surface area contributed by atoms with E-state index in [0.29, 0.717) is 29.0 Å². The Morgan fingerprint density at radius 3 is 2.50 bits per heavy atom. The third kappa shape index (κ3) is 4.91. The fraction of sp³-hybridized carbons (Fsp3) is 0.286. The van der Waals surface area contributed by atoms with Gasteiger partial charge in [-0.25, -0.2) is 0 Å². The smallest absolute Gasteiger partial charge is 0.314 e. The van der Waals surface area contributed by atoms with Crippen LogP contribution in [0.2, 0.25) is 0 Å². The molecule has 0 aromatic heterocycles. The van der Waals surface area contributed by atoms with Crippen molar-refractivity contribution in [3.8, 4) is 11.5 Å². The zero-order chi connectivity index (χ0) is 24.1. The largest absolute Gasteiger partial charge is 0.497 e. The Balaban J connectivity index is 1.53. The molecule has 0 saturated heterocycles. The summed E-state index contributed by atoms with van der Waals surface area (Å²) in [5.74, 6) is 0.00724. The Morgan fingerprint density at radius 2 is 1.76 bits per heavy atom. The van der Waals surface area contributed by atoms with Gasteiger partial charge in [0.15, 0.2) is 0 Å². The maximum Gasteiger partial charge on any atom is 0.314 e. The summed E-state index contributed by atoms with van der Waals surface area (Å²) in [5, 5.41) is 5.19. The molecule has 6 heteroatoms. The van der Waals surface area contributed by atoms with E-state index < -0.39 is 5.92 Å². The van der Waals surface area contributed by atoms with E-state index in [-0.39, 0.29) is 30.4 Å². The molecule has 0 spiro atoms. The van der Waals surface area contributed by atoms with Crippen LogP contribution < -0.4 is 14.8 Å². The minimum atomic E-state index is -0.580. The van der Waals surface area contributed by atoms with E-state index in [2.05, 4.69) is 5.32 Å². The van der Waals surface area contributed by atoms with Gasteiger partial charge >= 0.3 is 5.97 Å². The number of carbonyl (C=O) groups is 2. The van der Waals surface area contributed by atoms with E-state index in [9.17, 15) is 9.59 Å². The average molecular weight is 460 g/mol. The second-order valence-electron chi connectivity index (χ2n) is 8.26. The van der Waals surface area contributed by atoms with Crippen molar-refractivity contribution < 1.29 is 23.8 Å². The number of allylic oxidation sites excluding steroid dienone is 1. The molecule has 0 fully saturated rings. The van der Waals surface area contributed by atoms with Gasteiger partial charge in [0, 0.05) is 17.2 Å². The molecular weight excluding hydrogens is 430 g/mol. The summed E-state index contributed by atoms with van der Waals surface area (Å²) in [5.41, 5.74) is 1.31. The Labute approximate surface area is 199 Å². The monoisotopic (exact) mass is 459 g/mol. The molecule has 1 amide bonds. The van der Waals surface area contributed by atoms with Gasteiger partial charge < -0.3 is 19.5 Å². The van der Waals surface area contributed by atoms with Crippen LogP contribution in [0.3, 0.4) is 0 Å². The van der Waals surface area contributed by atoms with Crippen molar-refractivity contribution in [3.63, 3.8) is 0 Å². The molecule has 0 bridgehead atoms. The summed E-state index contributed by atoms with van der Waals surface area (Å²) in [6.45, 7) is 2.06. The molecule has 176 valence electrons. The number of hydrogen-bond acceptors (Lipinski definition) is 5. The van der Waals surface area contributed by atoms with Crippen LogP contribution in [0, 0.1) is 5.92 Å². The minimum Gasteiger partial charge on any atom is -0.497 e. The van der Waals surface area contributed by atoms with E-state index in [4.69, 9.17) is 14.2 Å². The van der Waals surface area contributed by atoms with Crippen molar-refractivity contribution in [3.05, 3.63) is 83.9 Å². The first kappa shape index (κ1) is 23.4. The van der Waals surface area contributed by atoms with Crippen molar-refractivity contribution in [2.45, 2.75) is 25.3 Å². The van der Waals surface area contributed by atoms with Crippen LogP contribution in [0.5, 0.6) is 11.5 Å². The number of nitrogens with one attached hydrogen (secondary N) is 1. The lowest BCUT2D eigenvalue weighted by atomic mass is 9.84. The molecule has 0 radical (unpaired) electrons. The summed E-state index contributed by atoms with van der Waals surface area (Å²) in [4.78, 5) is 26.0. The molecule has 1 N–H and O–H groups in total. The van der Waals surface area contributed by atoms with E-state index >= 15 is 0 Å². The number of carbonyl (C=O) groups excluding carboxylic acids is 2. The number of ether oxygens (including phenoxy) is 3. The third-order valence-corrected chi connectivity index (χ3v) is 6.19. The summed E-state index contributed by atoms with van der Waals surface area (Å²) in [6.07, 6.45) is 4.50. The summed E-state index contributed by atoms with van der Waals surface area (Å²) < 4.78 is 16.3. The van der Waals surface area contributed by atoms with Gasteiger partial charge in [0.25, 0.3) is 5.91 Å². The molecule has 3 aromatic carbocycles. The van der Waals surface area contributed by atoms with Crippen LogP contribution in [0.15, 0.2) is 72.8 Å². The molecule has 0 unspecified atom stereocenters. The van der Waals surface area contributed by atoms with Crippen molar-refractivity contribution >= 4 is 22.6 Å². The molecule has 0 heterocycles. The standard InChI is InChI=1S/C28H29NO5/c1-4-34-28(31)26(24-17-23(32-2)13-14-25(24)33-3)20-11-12-22(16-20)29-27(30)21-10-9-18-7-5-6-8-19(18)15-21/h5-15,17,20,22,26H,4,16H2,1-3H3,(H,29,30)/t20-,22+,26+/m1/s1. The Morgan fingerprint density at radius 1 is 0.971 bits per heavy atom. The predicted molar refractivity (Wildman–Crippen MR) is 131 cm³/mol. The first-order chi connectivity index (χ1) is 16.5. The van der Waals surface area contributed by atoms with Gasteiger partial charge in [0.05, 0.1) is 26.7 Å². The van der Waals surface area contributed by atoms with Gasteiger partial charge in [-0.1, -0.05) is 42.5 Å². The lowest BCUT2D eigenvalue weighted by Crippen LogP contribution is -2.34. The maximum absolute atomic E-state index is 13.0. The van der Waals surface area contributed by atoms with Gasteiger partial charge in [0.1, 0.15) is 11.5 Å².